The van der Waals surface area contributed by atoms with Crippen LogP contribution in [0.25, 0.3) is 0 Å². The van der Waals surface area contributed by atoms with Crippen molar-refractivity contribution in [3.8, 4) is 0 Å². The van der Waals surface area contributed by atoms with E-state index in [1.807, 2.05) is 0 Å². The summed E-state index contributed by atoms with van der Waals surface area (Å²) in [6.45, 7) is 3.74. The number of hydrogen-bond donors (Lipinski definition) is 0. The summed E-state index contributed by atoms with van der Waals surface area (Å²) in [7, 11) is 0. The van der Waals surface area contributed by atoms with E-state index in [4.69, 9.17) is 4.74 Å². The zero-order valence-corrected chi connectivity index (χ0v) is 8.54. The SMILES string of the molecule is Cc1snc(C2COC2)c1Br. The van der Waals surface area contributed by atoms with E-state index in [-0.39, 0.29) is 0 Å². The van der Waals surface area contributed by atoms with Gasteiger partial charge >= 0.3 is 0 Å². The van der Waals surface area contributed by atoms with E-state index in [0.29, 0.717) is 5.92 Å². The van der Waals surface area contributed by atoms with Crippen LogP contribution < -0.4 is 0 Å². The first kappa shape index (κ1) is 7.71. The second-order valence-corrected chi connectivity index (χ2v) is 4.44. The van der Waals surface area contributed by atoms with Gasteiger partial charge in [0.1, 0.15) is 0 Å². The Hall–Kier alpha value is 0.0700. The Morgan fingerprint density at radius 3 is 2.73 bits per heavy atom. The number of aromatic nitrogens is 1. The van der Waals surface area contributed by atoms with Crippen molar-refractivity contribution in [1.82, 2.24) is 4.37 Å². The van der Waals surface area contributed by atoms with Crippen molar-refractivity contribution >= 4 is 27.5 Å². The first-order valence-electron chi connectivity index (χ1n) is 3.48. The van der Waals surface area contributed by atoms with Gasteiger partial charge in [-0.2, -0.15) is 4.37 Å². The van der Waals surface area contributed by atoms with E-state index in [9.17, 15) is 0 Å². The molecule has 60 valence electrons. The minimum absolute atomic E-state index is 0.536. The fourth-order valence-corrected chi connectivity index (χ4v) is 2.43. The molecule has 0 saturated carbocycles. The van der Waals surface area contributed by atoms with Crippen LogP contribution in [-0.4, -0.2) is 17.6 Å². The second-order valence-electron chi connectivity index (χ2n) is 2.67. The Labute approximate surface area is 77.9 Å². The maximum Gasteiger partial charge on any atom is 0.0763 e. The smallest absolute Gasteiger partial charge is 0.0763 e. The molecule has 0 atom stereocenters. The number of ether oxygens (including phenoxy) is 1. The van der Waals surface area contributed by atoms with Crippen LogP contribution in [0.2, 0.25) is 0 Å². The van der Waals surface area contributed by atoms with Crippen molar-refractivity contribution in [1.29, 1.82) is 0 Å². The summed E-state index contributed by atoms with van der Waals surface area (Å²) in [5.41, 5.74) is 1.18. The van der Waals surface area contributed by atoms with Gasteiger partial charge in [0, 0.05) is 4.88 Å². The molecule has 0 spiro atoms. The average molecular weight is 234 g/mol. The minimum atomic E-state index is 0.536. The summed E-state index contributed by atoms with van der Waals surface area (Å²) in [6.07, 6.45) is 0. The van der Waals surface area contributed by atoms with E-state index in [1.165, 1.54) is 15.0 Å². The van der Waals surface area contributed by atoms with Gasteiger partial charge in [0.2, 0.25) is 0 Å². The molecule has 0 aromatic carbocycles. The molecule has 1 aliphatic heterocycles. The molecule has 0 N–H and O–H groups in total. The molecule has 0 radical (unpaired) electrons. The quantitative estimate of drug-likeness (QED) is 0.743. The number of nitrogens with zero attached hydrogens (tertiary/aromatic N) is 1. The molecule has 4 heteroatoms. The van der Waals surface area contributed by atoms with Gasteiger partial charge < -0.3 is 4.74 Å². The maximum absolute atomic E-state index is 5.10. The largest absolute Gasteiger partial charge is 0.380 e. The molecule has 2 nitrogen and oxygen atoms in total. The molecular weight excluding hydrogens is 226 g/mol. The van der Waals surface area contributed by atoms with E-state index in [1.54, 1.807) is 11.5 Å². The Balaban J connectivity index is 2.29. The molecule has 0 bridgehead atoms. The van der Waals surface area contributed by atoms with Gasteiger partial charge in [-0.25, -0.2) is 0 Å². The van der Waals surface area contributed by atoms with Crippen LogP contribution in [-0.2, 0) is 4.74 Å². The van der Waals surface area contributed by atoms with Crippen molar-refractivity contribution in [2.24, 2.45) is 0 Å². The Morgan fingerprint density at radius 2 is 2.36 bits per heavy atom. The van der Waals surface area contributed by atoms with Gasteiger partial charge in [0.05, 0.1) is 29.3 Å². The third kappa shape index (κ3) is 1.23. The first-order valence-corrected chi connectivity index (χ1v) is 5.05. The van der Waals surface area contributed by atoms with Crippen LogP contribution in [0, 0.1) is 6.92 Å². The Morgan fingerprint density at radius 1 is 1.64 bits per heavy atom. The van der Waals surface area contributed by atoms with Crippen molar-refractivity contribution in [2.45, 2.75) is 12.8 Å². The standard InChI is InChI=1S/C7H8BrNOS/c1-4-6(8)7(9-11-4)5-2-10-3-5/h5H,2-3H2,1H3. The highest BCUT2D eigenvalue weighted by molar-refractivity contribution is 9.10. The number of hydrogen-bond acceptors (Lipinski definition) is 3. The van der Waals surface area contributed by atoms with Crippen LogP contribution in [0.1, 0.15) is 16.5 Å². The Bertz CT molecular complexity index is 269. The molecule has 0 aliphatic carbocycles. The summed E-state index contributed by atoms with van der Waals surface area (Å²) in [6, 6.07) is 0. The normalized spacial score (nSPS) is 18.4. The monoisotopic (exact) mass is 233 g/mol. The van der Waals surface area contributed by atoms with Crippen LogP contribution >= 0.6 is 27.5 Å². The summed E-state index contributed by atoms with van der Waals surface area (Å²) in [4.78, 5) is 1.26. The molecule has 2 rings (SSSR count). The van der Waals surface area contributed by atoms with Gasteiger partial charge in [-0.05, 0) is 34.4 Å². The van der Waals surface area contributed by atoms with Crippen molar-refractivity contribution < 1.29 is 4.74 Å². The lowest BCUT2D eigenvalue weighted by Gasteiger charge is -2.24. The maximum atomic E-state index is 5.10. The van der Waals surface area contributed by atoms with E-state index < -0.39 is 0 Å². The Kier molecular flexibility index (Phi) is 1.99. The van der Waals surface area contributed by atoms with Crippen molar-refractivity contribution in [3.63, 3.8) is 0 Å². The second kappa shape index (κ2) is 2.84. The lowest BCUT2D eigenvalue weighted by atomic mass is 10.0. The van der Waals surface area contributed by atoms with Gasteiger partial charge in [-0.3, -0.25) is 0 Å². The fraction of sp³-hybridized carbons (Fsp3) is 0.571. The highest BCUT2D eigenvalue weighted by Crippen LogP contribution is 2.33. The van der Waals surface area contributed by atoms with Crippen LogP contribution in [0.5, 0.6) is 0 Å². The van der Waals surface area contributed by atoms with Crippen molar-refractivity contribution in [2.75, 3.05) is 13.2 Å². The fourth-order valence-electron chi connectivity index (χ4n) is 1.03. The molecule has 2 heterocycles. The number of rotatable bonds is 1. The van der Waals surface area contributed by atoms with Crippen LogP contribution in [0.4, 0.5) is 0 Å². The van der Waals surface area contributed by atoms with Gasteiger partial charge in [-0.1, -0.05) is 0 Å². The zero-order chi connectivity index (χ0) is 7.84. The third-order valence-corrected chi connectivity index (χ3v) is 3.87. The molecular formula is C7H8BrNOS. The highest BCUT2D eigenvalue weighted by Gasteiger charge is 2.25. The van der Waals surface area contributed by atoms with E-state index in [0.717, 1.165) is 13.2 Å². The summed E-state index contributed by atoms with van der Waals surface area (Å²) < 4.78 is 10.6. The summed E-state index contributed by atoms with van der Waals surface area (Å²) >= 11 is 5.07. The van der Waals surface area contributed by atoms with Gasteiger partial charge in [0.15, 0.2) is 0 Å². The number of aryl methyl sites for hydroxylation is 1. The van der Waals surface area contributed by atoms with Crippen molar-refractivity contribution in [3.05, 3.63) is 15.0 Å². The molecule has 1 aliphatic rings. The molecule has 11 heavy (non-hydrogen) atoms. The average Bonchev–Trinajstić information content (AvgIpc) is 2.15. The van der Waals surface area contributed by atoms with Crippen LogP contribution in [0.3, 0.4) is 0 Å². The number of halogens is 1. The lowest BCUT2D eigenvalue weighted by molar-refractivity contribution is 0.00678. The highest BCUT2D eigenvalue weighted by atomic mass is 79.9. The first-order chi connectivity index (χ1) is 5.29. The van der Waals surface area contributed by atoms with E-state index in [2.05, 4.69) is 27.2 Å². The van der Waals surface area contributed by atoms with Gasteiger partial charge in [0.25, 0.3) is 0 Å². The molecule has 0 unspecified atom stereocenters. The predicted octanol–water partition coefficient (Wildman–Crippen LogP) is 2.33. The predicted molar refractivity (Wildman–Crippen MR) is 48.1 cm³/mol. The van der Waals surface area contributed by atoms with Crippen LogP contribution in [0.15, 0.2) is 4.47 Å². The molecule has 1 fully saturated rings. The lowest BCUT2D eigenvalue weighted by Crippen LogP contribution is -2.25. The minimum Gasteiger partial charge on any atom is -0.380 e. The molecule has 1 aromatic heterocycles. The topological polar surface area (TPSA) is 22.1 Å². The summed E-state index contributed by atoms with van der Waals surface area (Å²) in [5, 5.41) is 0. The molecule has 1 saturated heterocycles. The zero-order valence-electron chi connectivity index (χ0n) is 6.13. The third-order valence-electron chi connectivity index (χ3n) is 1.84. The van der Waals surface area contributed by atoms with E-state index >= 15 is 0 Å². The van der Waals surface area contributed by atoms with Gasteiger partial charge in [-0.15, -0.1) is 0 Å². The molecule has 1 aromatic rings. The summed E-state index contributed by atoms with van der Waals surface area (Å²) in [5.74, 6) is 0.536. The molecule has 0 amide bonds.